The van der Waals surface area contributed by atoms with Gasteiger partial charge in [-0.15, -0.1) is 13.2 Å². The first-order chi connectivity index (χ1) is 23.2. The van der Waals surface area contributed by atoms with Crippen LogP contribution in [0.25, 0.3) is 0 Å². The normalized spacial score (nSPS) is 27.6. The van der Waals surface area contributed by atoms with Crippen LogP contribution in [0.15, 0.2) is 55.6 Å². The zero-order valence-electron chi connectivity index (χ0n) is 28.0. The number of amides is 3. The van der Waals surface area contributed by atoms with E-state index in [4.69, 9.17) is 14.2 Å². The Morgan fingerprint density at radius 3 is 2.60 bits per heavy atom. The van der Waals surface area contributed by atoms with Gasteiger partial charge in [-0.3, -0.25) is 24.1 Å². The summed E-state index contributed by atoms with van der Waals surface area (Å²) in [5.41, 5.74) is -0.486. The van der Waals surface area contributed by atoms with E-state index >= 15 is 0 Å². The highest BCUT2D eigenvalue weighted by Gasteiger charge is 2.75. The number of benzene rings is 1. The molecule has 0 aromatic heterocycles. The van der Waals surface area contributed by atoms with Gasteiger partial charge >= 0.3 is 5.97 Å². The van der Waals surface area contributed by atoms with Gasteiger partial charge in [-0.2, -0.15) is 0 Å². The van der Waals surface area contributed by atoms with E-state index in [1.54, 1.807) is 24.0 Å². The van der Waals surface area contributed by atoms with Gasteiger partial charge in [-0.05, 0) is 38.2 Å². The van der Waals surface area contributed by atoms with Crippen molar-refractivity contribution in [3.05, 3.63) is 61.2 Å². The van der Waals surface area contributed by atoms with E-state index < -0.39 is 47.7 Å². The molecule has 48 heavy (non-hydrogen) atoms. The van der Waals surface area contributed by atoms with Gasteiger partial charge in [-0.1, -0.05) is 42.5 Å². The second-order valence-electron chi connectivity index (χ2n) is 13.1. The third kappa shape index (κ3) is 7.36. The lowest BCUT2D eigenvalue weighted by molar-refractivity contribution is -0.162. The van der Waals surface area contributed by atoms with Gasteiger partial charge in [0.15, 0.2) is 0 Å². The van der Waals surface area contributed by atoms with Gasteiger partial charge in [0.05, 0.1) is 37.2 Å². The largest absolute Gasteiger partial charge is 0.455 e. The number of morpholine rings is 1. The maximum absolute atomic E-state index is 14.5. The third-order valence-corrected chi connectivity index (χ3v) is 10.1. The molecule has 2 bridgehead atoms. The molecule has 4 aliphatic heterocycles. The Balaban J connectivity index is 1.40. The number of fused-ring (bicyclic) bond motifs is 1. The van der Waals surface area contributed by atoms with Crippen LogP contribution in [-0.4, -0.2) is 126 Å². The number of hydrogen-bond acceptors (Lipinski definition) is 9. The van der Waals surface area contributed by atoms with E-state index in [0.29, 0.717) is 57.7 Å². The SMILES string of the molecule is C=CCCC(=O)N[C@H](C)[C@@H](OC(=O)[C@@H]1[C@@H]2CC[C@]3(O2)[C@H](C(=O)N(CC=C)CCN2CCOCC2)N(CCCO)C(=O)[C@@H]13)c1ccccc1. The third-order valence-electron chi connectivity index (χ3n) is 10.1. The van der Waals surface area contributed by atoms with Gasteiger partial charge in [0.25, 0.3) is 0 Å². The molecule has 4 aliphatic rings. The Hall–Kier alpha value is -3.58. The number of rotatable bonds is 17. The van der Waals surface area contributed by atoms with Crippen LogP contribution in [0.5, 0.6) is 0 Å². The average Bonchev–Trinajstić information content (AvgIpc) is 3.74. The second kappa shape index (κ2) is 16.2. The molecule has 12 nitrogen and oxygen atoms in total. The summed E-state index contributed by atoms with van der Waals surface area (Å²) < 4.78 is 18.3. The summed E-state index contributed by atoms with van der Waals surface area (Å²) >= 11 is 0. The molecule has 0 saturated carbocycles. The molecule has 1 aromatic carbocycles. The van der Waals surface area contributed by atoms with Crippen LogP contribution in [0.1, 0.15) is 50.7 Å². The molecule has 7 atom stereocenters. The van der Waals surface area contributed by atoms with Crippen LogP contribution in [0.2, 0.25) is 0 Å². The summed E-state index contributed by atoms with van der Waals surface area (Å²) in [6, 6.07) is 7.69. The number of ether oxygens (including phenoxy) is 3. The average molecular weight is 667 g/mol. The Bertz CT molecular complexity index is 1320. The number of carbonyl (C=O) groups excluding carboxylic acids is 4. The van der Waals surface area contributed by atoms with Crippen molar-refractivity contribution in [2.75, 3.05) is 59.1 Å². The minimum Gasteiger partial charge on any atom is -0.455 e. The van der Waals surface area contributed by atoms with Crippen molar-refractivity contribution in [2.24, 2.45) is 11.8 Å². The molecule has 4 fully saturated rings. The van der Waals surface area contributed by atoms with E-state index in [-0.39, 0.29) is 43.7 Å². The Morgan fingerprint density at radius 2 is 1.92 bits per heavy atom. The van der Waals surface area contributed by atoms with Crippen molar-refractivity contribution in [2.45, 2.75) is 68.9 Å². The fraction of sp³-hybridized carbons (Fsp3) is 0.611. The Kier molecular flexibility index (Phi) is 12.1. The van der Waals surface area contributed by atoms with Gasteiger partial charge in [0.1, 0.15) is 17.7 Å². The summed E-state index contributed by atoms with van der Waals surface area (Å²) in [6.07, 6.45) is 3.96. The number of nitrogens with one attached hydrogen (secondary N) is 1. The minimum atomic E-state index is -1.19. The number of nitrogens with zero attached hydrogens (tertiary/aromatic N) is 3. The zero-order chi connectivity index (χ0) is 34.3. The number of esters is 1. The first kappa shape index (κ1) is 35.7. The maximum atomic E-state index is 14.5. The van der Waals surface area contributed by atoms with Gasteiger partial charge in [0, 0.05) is 52.3 Å². The van der Waals surface area contributed by atoms with Crippen LogP contribution in [0.3, 0.4) is 0 Å². The lowest BCUT2D eigenvalue weighted by Gasteiger charge is -2.37. The van der Waals surface area contributed by atoms with Gasteiger partial charge in [-0.25, -0.2) is 0 Å². The first-order valence-corrected chi connectivity index (χ1v) is 17.2. The molecule has 3 amide bonds. The van der Waals surface area contributed by atoms with Crippen molar-refractivity contribution in [1.29, 1.82) is 0 Å². The quantitative estimate of drug-likeness (QED) is 0.189. The summed E-state index contributed by atoms with van der Waals surface area (Å²) in [7, 11) is 0. The number of allylic oxidation sites excluding steroid dienone is 1. The van der Waals surface area contributed by atoms with Crippen molar-refractivity contribution < 1.29 is 38.5 Å². The first-order valence-electron chi connectivity index (χ1n) is 17.2. The summed E-state index contributed by atoms with van der Waals surface area (Å²) in [6.45, 7) is 13.6. The number of likely N-dealkylation sites (tertiary alicyclic amines) is 1. The fourth-order valence-corrected chi connectivity index (χ4v) is 7.83. The number of hydrogen-bond donors (Lipinski definition) is 2. The lowest BCUT2D eigenvalue weighted by Crippen LogP contribution is -2.57. The Labute approximate surface area is 283 Å². The highest BCUT2D eigenvalue weighted by molar-refractivity contribution is 5.98. The van der Waals surface area contributed by atoms with E-state index in [9.17, 15) is 24.3 Å². The molecule has 262 valence electrons. The van der Waals surface area contributed by atoms with E-state index in [1.807, 2.05) is 30.3 Å². The summed E-state index contributed by atoms with van der Waals surface area (Å²) in [5, 5.41) is 12.6. The summed E-state index contributed by atoms with van der Waals surface area (Å²) in [4.78, 5) is 61.1. The molecule has 1 aromatic rings. The standard InChI is InChI=1S/C36H50N4O8/c1-4-6-13-28(42)37-25(3)31(26-11-8-7-9-12-26)47-35(45)29-27-14-15-36(48-27)30(29)33(43)40(17-10-22-41)32(36)34(44)39(16-5-2)19-18-38-20-23-46-24-21-38/h4-5,7-9,11-12,25,27,29-32,41H,1-2,6,10,13-24H2,3H3,(H,37,42)/t25-,27+,29-,30-,31-,32+,36-/m1/s1. The Morgan fingerprint density at radius 1 is 1.17 bits per heavy atom. The van der Waals surface area contributed by atoms with Crippen LogP contribution in [0, 0.1) is 11.8 Å². The van der Waals surface area contributed by atoms with E-state index in [0.717, 1.165) is 13.1 Å². The predicted octanol–water partition coefficient (Wildman–Crippen LogP) is 1.85. The molecule has 0 radical (unpaired) electrons. The fourth-order valence-electron chi connectivity index (χ4n) is 7.83. The molecular formula is C36H50N4O8. The van der Waals surface area contributed by atoms with Crippen LogP contribution < -0.4 is 5.32 Å². The molecule has 4 heterocycles. The van der Waals surface area contributed by atoms with Crippen LogP contribution >= 0.6 is 0 Å². The van der Waals surface area contributed by atoms with Crippen LogP contribution in [-0.2, 0) is 33.4 Å². The van der Waals surface area contributed by atoms with Gasteiger partial charge < -0.3 is 34.4 Å². The van der Waals surface area contributed by atoms with E-state index in [2.05, 4.69) is 23.4 Å². The molecule has 1 spiro atoms. The maximum Gasteiger partial charge on any atom is 0.313 e. The van der Waals surface area contributed by atoms with Crippen molar-refractivity contribution >= 4 is 23.7 Å². The highest BCUT2D eigenvalue weighted by atomic mass is 16.6. The molecule has 2 N–H and O–H groups in total. The lowest BCUT2D eigenvalue weighted by atomic mass is 9.70. The molecule has 0 unspecified atom stereocenters. The van der Waals surface area contributed by atoms with Crippen LogP contribution in [0.4, 0.5) is 0 Å². The molecule has 4 saturated heterocycles. The minimum absolute atomic E-state index is 0.153. The highest BCUT2D eigenvalue weighted by Crippen LogP contribution is 2.59. The topological polar surface area (TPSA) is 138 Å². The molecular weight excluding hydrogens is 616 g/mol. The smallest absolute Gasteiger partial charge is 0.313 e. The van der Waals surface area contributed by atoms with Crippen molar-refractivity contribution in [1.82, 2.24) is 20.0 Å². The predicted molar refractivity (Wildman–Crippen MR) is 177 cm³/mol. The molecule has 12 heteroatoms. The van der Waals surface area contributed by atoms with Gasteiger partial charge in [0.2, 0.25) is 17.7 Å². The van der Waals surface area contributed by atoms with Crippen molar-refractivity contribution in [3.8, 4) is 0 Å². The number of carbonyl (C=O) groups is 4. The number of aliphatic hydroxyl groups excluding tert-OH is 1. The molecule has 5 rings (SSSR count). The monoisotopic (exact) mass is 666 g/mol. The van der Waals surface area contributed by atoms with Crippen molar-refractivity contribution in [3.63, 3.8) is 0 Å². The summed E-state index contributed by atoms with van der Waals surface area (Å²) in [5.74, 6) is -3.19. The van der Waals surface area contributed by atoms with E-state index in [1.165, 1.54) is 4.90 Å². The second-order valence-corrected chi connectivity index (χ2v) is 13.1. The molecule has 0 aliphatic carbocycles. The zero-order valence-corrected chi connectivity index (χ0v) is 28.0. The number of aliphatic hydroxyl groups is 1.